The smallest absolute Gasteiger partial charge is 0.276 e. The summed E-state index contributed by atoms with van der Waals surface area (Å²) >= 11 is 12.1. The molecule has 0 aliphatic heterocycles. The van der Waals surface area contributed by atoms with E-state index in [1.807, 2.05) is 25.1 Å². The van der Waals surface area contributed by atoms with Crippen molar-refractivity contribution in [3.05, 3.63) is 81.7 Å². The maximum absolute atomic E-state index is 12.5. The number of aromatic nitrogens is 5. The van der Waals surface area contributed by atoms with Crippen molar-refractivity contribution in [2.24, 2.45) is 0 Å². The molecule has 0 spiro atoms. The lowest BCUT2D eigenvalue weighted by Crippen LogP contribution is -2.14. The highest BCUT2D eigenvalue weighted by Crippen LogP contribution is 2.29. The molecule has 2 heterocycles. The van der Waals surface area contributed by atoms with Crippen LogP contribution in [0.5, 0.6) is 0 Å². The lowest BCUT2D eigenvalue weighted by Gasteiger charge is -2.02. The summed E-state index contributed by atoms with van der Waals surface area (Å²) in [5.74, 6) is -0.189. The Morgan fingerprint density at radius 1 is 1.17 bits per heavy atom. The quantitative estimate of drug-likeness (QED) is 0.488. The number of hydrogen-bond donors (Lipinski definition) is 2. The second-order valence-corrected chi connectivity index (χ2v) is 7.34. The fourth-order valence-corrected chi connectivity index (χ4v) is 3.37. The van der Waals surface area contributed by atoms with Crippen molar-refractivity contribution in [3.8, 4) is 11.3 Å². The minimum atomic E-state index is -0.401. The number of aryl methyl sites for hydroxylation is 1. The normalized spacial score (nSPS) is 10.9. The molecule has 2 aromatic carbocycles. The van der Waals surface area contributed by atoms with Crippen LogP contribution in [0.2, 0.25) is 10.0 Å². The van der Waals surface area contributed by atoms with E-state index in [2.05, 4.69) is 31.7 Å². The maximum Gasteiger partial charge on any atom is 0.276 e. The predicted molar refractivity (Wildman–Crippen MR) is 112 cm³/mol. The van der Waals surface area contributed by atoms with Gasteiger partial charge in [-0.05, 0) is 36.8 Å². The summed E-state index contributed by atoms with van der Waals surface area (Å²) in [6, 6.07) is 14.8. The second kappa shape index (κ2) is 8.06. The van der Waals surface area contributed by atoms with Gasteiger partial charge in [-0.15, -0.1) is 5.10 Å². The SMILES string of the molecule is Cc1cccc(Cn2cnc(NC(=O)c3cc(-c4ccc(Cl)cc4Cl)n[nH]3)n2)c1. The lowest BCUT2D eigenvalue weighted by atomic mass is 10.1. The molecule has 0 atom stereocenters. The summed E-state index contributed by atoms with van der Waals surface area (Å²) in [4.78, 5) is 16.6. The molecule has 2 N–H and O–H groups in total. The molecule has 0 saturated heterocycles. The molecule has 9 heteroatoms. The highest BCUT2D eigenvalue weighted by molar-refractivity contribution is 6.36. The van der Waals surface area contributed by atoms with Crippen LogP contribution in [0, 0.1) is 6.92 Å². The first kappa shape index (κ1) is 19.2. The van der Waals surface area contributed by atoms with Crippen molar-refractivity contribution in [1.82, 2.24) is 25.0 Å². The monoisotopic (exact) mass is 426 g/mol. The van der Waals surface area contributed by atoms with Crippen LogP contribution in [0.1, 0.15) is 21.6 Å². The average molecular weight is 427 g/mol. The van der Waals surface area contributed by atoms with E-state index in [1.54, 1.807) is 35.3 Å². The molecule has 0 saturated carbocycles. The van der Waals surface area contributed by atoms with E-state index in [4.69, 9.17) is 23.2 Å². The Kier molecular flexibility index (Phi) is 5.33. The van der Waals surface area contributed by atoms with Crippen molar-refractivity contribution in [3.63, 3.8) is 0 Å². The molecule has 0 aliphatic carbocycles. The molecule has 29 heavy (non-hydrogen) atoms. The minimum absolute atomic E-state index is 0.211. The first-order valence-electron chi connectivity index (χ1n) is 8.75. The first-order valence-corrected chi connectivity index (χ1v) is 9.51. The van der Waals surface area contributed by atoms with Gasteiger partial charge in [0, 0.05) is 10.6 Å². The van der Waals surface area contributed by atoms with Gasteiger partial charge in [-0.2, -0.15) is 5.10 Å². The Morgan fingerprint density at radius 2 is 2.03 bits per heavy atom. The van der Waals surface area contributed by atoms with Gasteiger partial charge in [0.25, 0.3) is 5.91 Å². The molecule has 2 aromatic heterocycles. The fraction of sp³-hybridized carbons (Fsp3) is 0.100. The van der Waals surface area contributed by atoms with Crippen LogP contribution in [0.15, 0.2) is 54.9 Å². The number of nitrogens with one attached hydrogen (secondary N) is 2. The van der Waals surface area contributed by atoms with Gasteiger partial charge in [-0.1, -0.05) is 53.0 Å². The molecule has 0 aliphatic rings. The Morgan fingerprint density at radius 3 is 2.83 bits per heavy atom. The van der Waals surface area contributed by atoms with Gasteiger partial charge in [-0.25, -0.2) is 9.67 Å². The summed E-state index contributed by atoms with van der Waals surface area (Å²) in [5.41, 5.74) is 3.75. The van der Waals surface area contributed by atoms with Crippen LogP contribution in [0.3, 0.4) is 0 Å². The second-order valence-electron chi connectivity index (χ2n) is 6.50. The maximum atomic E-state index is 12.5. The zero-order chi connectivity index (χ0) is 20.4. The van der Waals surface area contributed by atoms with Crippen LogP contribution >= 0.6 is 23.2 Å². The lowest BCUT2D eigenvalue weighted by molar-refractivity contribution is 0.102. The van der Waals surface area contributed by atoms with Gasteiger partial charge < -0.3 is 0 Å². The Balaban J connectivity index is 1.45. The van der Waals surface area contributed by atoms with E-state index in [9.17, 15) is 4.79 Å². The van der Waals surface area contributed by atoms with Crippen molar-refractivity contribution in [2.75, 3.05) is 5.32 Å². The number of H-pyrrole nitrogens is 1. The highest BCUT2D eigenvalue weighted by Gasteiger charge is 2.15. The highest BCUT2D eigenvalue weighted by atomic mass is 35.5. The molecular formula is C20H16Cl2N6O. The van der Waals surface area contributed by atoms with Crippen LogP contribution in [-0.2, 0) is 6.54 Å². The summed E-state index contributed by atoms with van der Waals surface area (Å²) in [5, 5.41) is 14.8. The number of halogens is 2. The zero-order valence-corrected chi connectivity index (χ0v) is 16.9. The number of nitrogens with zero attached hydrogens (tertiary/aromatic N) is 4. The Labute approximate surface area is 176 Å². The molecule has 4 aromatic rings. The van der Waals surface area contributed by atoms with E-state index in [-0.39, 0.29) is 11.6 Å². The van der Waals surface area contributed by atoms with E-state index >= 15 is 0 Å². The summed E-state index contributed by atoms with van der Waals surface area (Å²) in [6.45, 7) is 2.60. The number of benzene rings is 2. The number of carbonyl (C=O) groups excluding carboxylic acids is 1. The largest absolute Gasteiger partial charge is 0.288 e. The van der Waals surface area contributed by atoms with E-state index in [1.165, 1.54) is 5.56 Å². The standard InChI is InChI=1S/C20H16Cl2N6O/c1-12-3-2-4-13(7-12)10-28-11-23-20(27-28)24-19(29)18-9-17(25-26-18)15-6-5-14(21)8-16(15)22/h2-9,11H,10H2,1H3,(H,25,26)(H,24,27,29). The molecule has 0 unspecified atom stereocenters. The van der Waals surface area contributed by atoms with Gasteiger partial charge in [0.15, 0.2) is 0 Å². The summed E-state index contributed by atoms with van der Waals surface area (Å²) < 4.78 is 1.66. The molecular weight excluding hydrogens is 411 g/mol. The van der Waals surface area contributed by atoms with Crippen LogP contribution in [0.4, 0.5) is 5.95 Å². The number of amides is 1. The number of hydrogen-bond acceptors (Lipinski definition) is 4. The Bertz CT molecular complexity index is 1180. The zero-order valence-electron chi connectivity index (χ0n) is 15.4. The molecule has 4 rings (SSSR count). The van der Waals surface area contributed by atoms with Crippen molar-refractivity contribution < 1.29 is 4.79 Å². The van der Waals surface area contributed by atoms with Crippen LogP contribution in [0.25, 0.3) is 11.3 Å². The van der Waals surface area contributed by atoms with Crippen LogP contribution in [-0.4, -0.2) is 30.9 Å². The minimum Gasteiger partial charge on any atom is -0.288 e. The van der Waals surface area contributed by atoms with Gasteiger partial charge >= 0.3 is 0 Å². The third kappa shape index (κ3) is 4.47. The number of anilines is 1. The third-order valence-corrected chi connectivity index (χ3v) is 4.77. The number of aromatic amines is 1. The predicted octanol–water partition coefficient (Wildman–Crippen LogP) is 4.58. The molecule has 146 valence electrons. The van der Waals surface area contributed by atoms with Crippen molar-refractivity contribution in [2.45, 2.75) is 13.5 Å². The first-order chi connectivity index (χ1) is 14.0. The van der Waals surface area contributed by atoms with Crippen molar-refractivity contribution in [1.29, 1.82) is 0 Å². The van der Waals surface area contributed by atoms with E-state index in [0.717, 1.165) is 5.56 Å². The third-order valence-electron chi connectivity index (χ3n) is 4.22. The van der Waals surface area contributed by atoms with E-state index in [0.29, 0.717) is 27.8 Å². The fourth-order valence-electron chi connectivity index (χ4n) is 2.87. The summed E-state index contributed by atoms with van der Waals surface area (Å²) in [7, 11) is 0. The topological polar surface area (TPSA) is 88.5 Å². The molecule has 7 nitrogen and oxygen atoms in total. The van der Waals surface area contributed by atoms with Crippen molar-refractivity contribution >= 4 is 35.1 Å². The van der Waals surface area contributed by atoms with Gasteiger partial charge in [-0.3, -0.25) is 15.2 Å². The van der Waals surface area contributed by atoms with Gasteiger partial charge in [0.2, 0.25) is 5.95 Å². The molecule has 0 bridgehead atoms. The van der Waals surface area contributed by atoms with Gasteiger partial charge in [0.05, 0.1) is 17.3 Å². The van der Waals surface area contributed by atoms with E-state index < -0.39 is 5.91 Å². The molecule has 0 fully saturated rings. The molecule has 0 radical (unpaired) electrons. The Hall–Kier alpha value is -3.16. The summed E-state index contributed by atoms with van der Waals surface area (Å²) in [6.07, 6.45) is 1.57. The molecule has 1 amide bonds. The van der Waals surface area contributed by atoms with Gasteiger partial charge in [0.1, 0.15) is 12.0 Å². The number of carbonyl (C=O) groups is 1. The van der Waals surface area contributed by atoms with Crippen LogP contribution < -0.4 is 5.32 Å². The number of rotatable bonds is 5. The average Bonchev–Trinajstić information content (AvgIpc) is 3.32.